The lowest BCUT2D eigenvalue weighted by molar-refractivity contribution is -0.145. The summed E-state index contributed by atoms with van der Waals surface area (Å²) in [7, 11) is 0. The second-order valence-corrected chi connectivity index (χ2v) is 6.58. The van der Waals surface area contributed by atoms with E-state index in [1.54, 1.807) is 54.0 Å². The Morgan fingerprint density at radius 1 is 1.00 bits per heavy atom. The topological polar surface area (TPSA) is 95.9 Å². The number of esters is 1. The average Bonchev–Trinajstić information content (AvgIpc) is 2.68. The van der Waals surface area contributed by atoms with Crippen molar-refractivity contribution in [3.05, 3.63) is 60.2 Å². The third kappa shape index (κ3) is 3.55. The van der Waals surface area contributed by atoms with Crippen molar-refractivity contribution in [2.24, 2.45) is 5.92 Å². The molecule has 1 amide bonds. The number of carbonyl (C=O) groups excluding carboxylic acids is 2. The van der Waals surface area contributed by atoms with E-state index in [-0.39, 0.29) is 17.6 Å². The van der Waals surface area contributed by atoms with Crippen molar-refractivity contribution in [2.45, 2.75) is 31.1 Å². The molecule has 0 heterocycles. The summed E-state index contributed by atoms with van der Waals surface area (Å²) < 4.78 is 5.61. The third-order valence-corrected chi connectivity index (χ3v) is 5.08. The van der Waals surface area contributed by atoms with Gasteiger partial charge < -0.3 is 9.84 Å². The molecule has 0 bridgehead atoms. The van der Waals surface area contributed by atoms with Gasteiger partial charge in [-0.1, -0.05) is 30.3 Å². The zero-order valence-corrected chi connectivity index (χ0v) is 14.2. The van der Waals surface area contributed by atoms with Crippen LogP contribution in [0.2, 0.25) is 0 Å². The van der Waals surface area contributed by atoms with Crippen molar-refractivity contribution in [1.29, 1.82) is 0 Å². The SMILES string of the molecule is O=C(NO)C1CCC(C(=O)Oc2ccccc2)(c2ccc(O)cc2)CC1. The molecule has 1 saturated carbocycles. The lowest BCUT2D eigenvalue weighted by atomic mass is 9.66. The summed E-state index contributed by atoms with van der Waals surface area (Å²) in [4.78, 5) is 24.8. The normalized spacial score (nSPS) is 22.4. The maximum absolute atomic E-state index is 13.1. The third-order valence-electron chi connectivity index (χ3n) is 5.08. The van der Waals surface area contributed by atoms with E-state index < -0.39 is 11.3 Å². The van der Waals surface area contributed by atoms with Gasteiger partial charge in [-0.3, -0.25) is 14.8 Å². The first kappa shape index (κ1) is 17.9. The number of carbonyl (C=O) groups is 2. The molecule has 0 radical (unpaired) electrons. The van der Waals surface area contributed by atoms with Gasteiger partial charge in [-0.15, -0.1) is 0 Å². The Morgan fingerprint density at radius 3 is 2.19 bits per heavy atom. The highest BCUT2D eigenvalue weighted by Crippen LogP contribution is 2.43. The molecule has 0 aliphatic heterocycles. The van der Waals surface area contributed by atoms with Gasteiger partial charge in [0.15, 0.2) is 0 Å². The highest BCUT2D eigenvalue weighted by molar-refractivity contribution is 5.86. The number of benzene rings is 2. The summed E-state index contributed by atoms with van der Waals surface area (Å²) in [6.45, 7) is 0. The van der Waals surface area contributed by atoms with Gasteiger partial charge in [0, 0.05) is 5.92 Å². The van der Waals surface area contributed by atoms with Crippen LogP contribution in [0.15, 0.2) is 54.6 Å². The summed E-state index contributed by atoms with van der Waals surface area (Å²) in [5.74, 6) is -0.563. The highest BCUT2D eigenvalue weighted by atomic mass is 16.5. The summed E-state index contributed by atoms with van der Waals surface area (Å²) in [5, 5.41) is 18.4. The van der Waals surface area contributed by atoms with E-state index in [2.05, 4.69) is 0 Å². The molecule has 2 aromatic carbocycles. The maximum atomic E-state index is 13.1. The molecule has 0 unspecified atom stereocenters. The van der Waals surface area contributed by atoms with Gasteiger partial charge in [0.2, 0.25) is 5.91 Å². The Kier molecular flexibility index (Phi) is 5.23. The highest BCUT2D eigenvalue weighted by Gasteiger charge is 2.46. The van der Waals surface area contributed by atoms with E-state index in [0.717, 1.165) is 5.56 Å². The number of rotatable bonds is 4. The molecule has 136 valence electrons. The maximum Gasteiger partial charge on any atom is 0.321 e. The minimum atomic E-state index is -0.893. The van der Waals surface area contributed by atoms with E-state index in [9.17, 15) is 14.7 Å². The smallest absolute Gasteiger partial charge is 0.321 e. The van der Waals surface area contributed by atoms with Crippen molar-refractivity contribution in [1.82, 2.24) is 5.48 Å². The van der Waals surface area contributed by atoms with Crippen LogP contribution in [0.1, 0.15) is 31.2 Å². The summed E-state index contributed by atoms with van der Waals surface area (Å²) >= 11 is 0. The number of nitrogens with one attached hydrogen (secondary N) is 1. The van der Waals surface area contributed by atoms with Gasteiger partial charge in [-0.25, -0.2) is 5.48 Å². The number of ether oxygens (including phenoxy) is 1. The van der Waals surface area contributed by atoms with Crippen LogP contribution < -0.4 is 10.2 Å². The van der Waals surface area contributed by atoms with Gasteiger partial charge in [0.05, 0.1) is 5.41 Å². The zero-order chi connectivity index (χ0) is 18.6. The summed E-state index contributed by atoms with van der Waals surface area (Å²) in [5.41, 5.74) is 1.55. The van der Waals surface area contributed by atoms with Crippen LogP contribution in [0, 0.1) is 5.92 Å². The Hall–Kier alpha value is -2.86. The molecule has 26 heavy (non-hydrogen) atoms. The molecule has 0 spiro atoms. The van der Waals surface area contributed by atoms with Crippen molar-refractivity contribution in [3.63, 3.8) is 0 Å². The lowest BCUT2D eigenvalue weighted by Gasteiger charge is -2.37. The molecule has 2 aromatic rings. The number of hydrogen-bond acceptors (Lipinski definition) is 5. The van der Waals surface area contributed by atoms with E-state index in [0.29, 0.717) is 31.4 Å². The Labute approximate surface area is 151 Å². The van der Waals surface area contributed by atoms with Gasteiger partial charge in [0.25, 0.3) is 0 Å². The molecular formula is C20H21NO5. The van der Waals surface area contributed by atoms with Crippen LogP contribution in [0.25, 0.3) is 0 Å². The van der Waals surface area contributed by atoms with Gasteiger partial charge in [-0.05, 0) is 55.5 Å². The lowest BCUT2D eigenvalue weighted by Crippen LogP contribution is -2.44. The second kappa shape index (κ2) is 7.58. The zero-order valence-electron chi connectivity index (χ0n) is 14.2. The molecule has 3 rings (SSSR count). The first-order valence-electron chi connectivity index (χ1n) is 8.56. The predicted molar refractivity (Wildman–Crippen MR) is 93.7 cm³/mol. The fraction of sp³-hybridized carbons (Fsp3) is 0.300. The van der Waals surface area contributed by atoms with Gasteiger partial charge in [0.1, 0.15) is 11.5 Å². The van der Waals surface area contributed by atoms with Crippen molar-refractivity contribution in [2.75, 3.05) is 0 Å². The van der Waals surface area contributed by atoms with Gasteiger partial charge in [-0.2, -0.15) is 0 Å². The van der Waals surface area contributed by atoms with Crippen LogP contribution in [0.3, 0.4) is 0 Å². The number of aromatic hydroxyl groups is 1. The average molecular weight is 355 g/mol. The predicted octanol–water partition coefficient (Wildman–Crippen LogP) is 2.93. The first-order chi connectivity index (χ1) is 12.5. The second-order valence-electron chi connectivity index (χ2n) is 6.58. The molecular weight excluding hydrogens is 334 g/mol. The molecule has 6 heteroatoms. The number of hydrogen-bond donors (Lipinski definition) is 3. The summed E-state index contributed by atoms with van der Waals surface area (Å²) in [6, 6.07) is 15.4. The van der Waals surface area contributed by atoms with E-state index in [4.69, 9.17) is 9.94 Å². The van der Waals surface area contributed by atoms with E-state index >= 15 is 0 Å². The Morgan fingerprint density at radius 2 is 1.62 bits per heavy atom. The van der Waals surface area contributed by atoms with Gasteiger partial charge >= 0.3 is 5.97 Å². The molecule has 3 N–H and O–H groups in total. The fourth-order valence-corrected chi connectivity index (χ4v) is 3.55. The molecule has 6 nitrogen and oxygen atoms in total. The molecule has 0 saturated heterocycles. The van der Waals surface area contributed by atoms with Crippen molar-refractivity contribution >= 4 is 11.9 Å². The van der Waals surface area contributed by atoms with Crippen LogP contribution in [0.4, 0.5) is 0 Å². The standard InChI is InChI=1S/C20H21NO5/c22-16-8-6-15(7-9-16)20(12-10-14(11-13-20)18(23)21-25)19(24)26-17-4-2-1-3-5-17/h1-9,14,22,25H,10-13H2,(H,21,23). The Balaban J connectivity index is 1.88. The van der Waals surface area contributed by atoms with Crippen LogP contribution in [-0.2, 0) is 15.0 Å². The first-order valence-corrected chi connectivity index (χ1v) is 8.56. The minimum absolute atomic E-state index is 0.119. The fourth-order valence-electron chi connectivity index (χ4n) is 3.55. The van der Waals surface area contributed by atoms with E-state index in [1.807, 2.05) is 6.07 Å². The van der Waals surface area contributed by atoms with Crippen molar-refractivity contribution < 1.29 is 24.6 Å². The van der Waals surface area contributed by atoms with E-state index in [1.165, 1.54) is 0 Å². The summed E-state index contributed by atoms with van der Waals surface area (Å²) in [6.07, 6.45) is 1.75. The monoisotopic (exact) mass is 355 g/mol. The molecule has 0 atom stereocenters. The number of para-hydroxylation sites is 1. The molecule has 1 aliphatic rings. The Bertz CT molecular complexity index is 765. The number of phenols is 1. The largest absolute Gasteiger partial charge is 0.508 e. The molecule has 1 fully saturated rings. The van der Waals surface area contributed by atoms with Crippen LogP contribution >= 0.6 is 0 Å². The molecule has 0 aromatic heterocycles. The number of phenolic OH excluding ortho intramolecular Hbond substituents is 1. The number of amides is 1. The van der Waals surface area contributed by atoms with Crippen LogP contribution in [-0.4, -0.2) is 22.2 Å². The van der Waals surface area contributed by atoms with Crippen LogP contribution in [0.5, 0.6) is 11.5 Å². The molecule has 1 aliphatic carbocycles. The van der Waals surface area contributed by atoms with Crippen molar-refractivity contribution in [3.8, 4) is 11.5 Å². The quantitative estimate of drug-likeness (QED) is 0.339. The number of hydroxylamine groups is 1. The minimum Gasteiger partial charge on any atom is -0.508 e.